The molecule has 0 spiro atoms. The molecule has 0 saturated carbocycles. The monoisotopic (exact) mass is 394 g/mol. The summed E-state index contributed by atoms with van der Waals surface area (Å²) in [5.41, 5.74) is 0.724. The summed E-state index contributed by atoms with van der Waals surface area (Å²) in [5.74, 6) is -0.492. The number of carbonyl (C=O) groups excluding carboxylic acids is 1. The number of para-hydroxylation sites is 1. The Bertz CT molecular complexity index is 1100. The van der Waals surface area contributed by atoms with Crippen LogP contribution in [0.2, 0.25) is 0 Å². The molecule has 3 aromatic carbocycles. The van der Waals surface area contributed by atoms with Crippen LogP contribution in [0, 0.1) is 5.92 Å². The van der Waals surface area contributed by atoms with Gasteiger partial charge in [-0.15, -0.1) is 0 Å². The Morgan fingerprint density at radius 3 is 2.43 bits per heavy atom. The minimum absolute atomic E-state index is 0.135. The van der Waals surface area contributed by atoms with Crippen molar-refractivity contribution in [3.63, 3.8) is 0 Å². The topological polar surface area (TPSA) is 66.5 Å². The van der Waals surface area contributed by atoms with Crippen LogP contribution >= 0.6 is 0 Å². The predicted molar refractivity (Wildman–Crippen MR) is 111 cm³/mol. The summed E-state index contributed by atoms with van der Waals surface area (Å²) in [5, 5.41) is 4.78. The van der Waals surface area contributed by atoms with Gasteiger partial charge in [0.25, 0.3) is 0 Å². The Balaban J connectivity index is 1.53. The largest absolute Gasteiger partial charge is 0.326 e. The maximum atomic E-state index is 13.2. The molecule has 0 radical (unpaired) electrons. The van der Waals surface area contributed by atoms with Crippen LogP contribution in [0.15, 0.2) is 77.7 Å². The standard InChI is InChI=1S/C22H22N2O3S/c25-22(23-20-10-2-1-3-11-20)19-9-6-14-24(16-19)28(26,27)21-13-12-17-7-4-5-8-18(17)15-21/h1-5,7-8,10-13,15,19H,6,9,14,16H2,(H,23,25)/t19-/m1/s1. The van der Waals surface area contributed by atoms with E-state index >= 15 is 0 Å². The molecule has 1 amide bonds. The second kappa shape index (κ2) is 7.73. The molecule has 5 nitrogen and oxygen atoms in total. The van der Waals surface area contributed by atoms with E-state index in [1.165, 1.54) is 4.31 Å². The van der Waals surface area contributed by atoms with Gasteiger partial charge in [-0.1, -0.05) is 48.5 Å². The lowest BCUT2D eigenvalue weighted by molar-refractivity contribution is -0.120. The summed E-state index contributed by atoms with van der Waals surface area (Å²) < 4.78 is 27.7. The molecular weight excluding hydrogens is 372 g/mol. The van der Waals surface area contributed by atoms with Crippen LogP contribution in [0.4, 0.5) is 5.69 Å². The first-order chi connectivity index (χ1) is 13.5. The number of amides is 1. The van der Waals surface area contributed by atoms with E-state index in [-0.39, 0.29) is 23.3 Å². The molecule has 6 heteroatoms. The van der Waals surface area contributed by atoms with Crippen LogP contribution in [-0.2, 0) is 14.8 Å². The highest BCUT2D eigenvalue weighted by molar-refractivity contribution is 7.89. The van der Waals surface area contributed by atoms with Crippen LogP contribution in [0.25, 0.3) is 10.8 Å². The molecule has 1 fully saturated rings. The molecule has 3 aromatic rings. The van der Waals surface area contributed by atoms with Crippen LogP contribution in [-0.4, -0.2) is 31.7 Å². The minimum Gasteiger partial charge on any atom is -0.326 e. The van der Waals surface area contributed by atoms with Gasteiger partial charge in [0.1, 0.15) is 0 Å². The fourth-order valence-corrected chi connectivity index (χ4v) is 5.18. The molecule has 0 aromatic heterocycles. The second-order valence-corrected chi connectivity index (χ2v) is 9.00. The summed E-state index contributed by atoms with van der Waals surface area (Å²) in [4.78, 5) is 12.9. The van der Waals surface area contributed by atoms with Crippen molar-refractivity contribution in [2.45, 2.75) is 17.7 Å². The Hall–Kier alpha value is -2.70. The number of piperidine rings is 1. The van der Waals surface area contributed by atoms with Crippen LogP contribution in [0.3, 0.4) is 0 Å². The zero-order valence-corrected chi connectivity index (χ0v) is 16.2. The Kier molecular flexibility index (Phi) is 5.15. The van der Waals surface area contributed by atoms with Gasteiger partial charge >= 0.3 is 0 Å². The third-order valence-corrected chi connectivity index (χ3v) is 7.02. The predicted octanol–water partition coefficient (Wildman–Crippen LogP) is 3.88. The summed E-state index contributed by atoms with van der Waals surface area (Å²) in [6.45, 7) is 0.637. The molecular formula is C22H22N2O3S. The molecule has 28 heavy (non-hydrogen) atoms. The lowest BCUT2D eigenvalue weighted by Crippen LogP contribution is -2.43. The molecule has 1 atom stereocenters. The summed E-state index contributed by atoms with van der Waals surface area (Å²) in [6.07, 6.45) is 1.35. The summed E-state index contributed by atoms with van der Waals surface area (Å²) in [6, 6.07) is 22.1. The Morgan fingerprint density at radius 1 is 0.929 bits per heavy atom. The fraction of sp³-hybridized carbons (Fsp3) is 0.227. The molecule has 1 heterocycles. The number of fused-ring (bicyclic) bond motifs is 1. The van der Waals surface area contributed by atoms with E-state index in [0.717, 1.165) is 16.5 Å². The van der Waals surface area contributed by atoms with Crippen LogP contribution < -0.4 is 5.32 Å². The lowest BCUT2D eigenvalue weighted by atomic mass is 9.99. The summed E-state index contributed by atoms with van der Waals surface area (Å²) >= 11 is 0. The van der Waals surface area contributed by atoms with E-state index in [2.05, 4.69) is 5.32 Å². The average molecular weight is 394 g/mol. The molecule has 0 bridgehead atoms. The van der Waals surface area contributed by atoms with Gasteiger partial charge < -0.3 is 5.32 Å². The van der Waals surface area contributed by atoms with E-state index in [4.69, 9.17) is 0 Å². The maximum absolute atomic E-state index is 13.2. The maximum Gasteiger partial charge on any atom is 0.243 e. The average Bonchev–Trinajstić information content (AvgIpc) is 2.74. The number of sulfonamides is 1. The van der Waals surface area contributed by atoms with Gasteiger partial charge in [-0.05, 0) is 47.9 Å². The Morgan fingerprint density at radius 2 is 1.64 bits per heavy atom. The zero-order valence-electron chi connectivity index (χ0n) is 15.4. The van der Waals surface area contributed by atoms with Crippen molar-refractivity contribution in [1.82, 2.24) is 4.31 Å². The van der Waals surface area contributed by atoms with Gasteiger partial charge in [0.05, 0.1) is 10.8 Å². The van der Waals surface area contributed by atoms with E-state index in [1.54, 1.807) is 12.1 Å². The van der Waals surface area contributed by atoms with Crippen molar-refractivity contribution in [2.24, 2.45) is 5.92 Å². The highest BCUT2D eigenvalue weighted by atomic mass is 32.2. The summed E-state index contributed by atoms with van der Waals surface area (Å²) in [7, 11) is -3.64. The van der Waals surface area contributed by atoms with E-state index in [9.17, 15) is 13.2 Å². The SMILES string of the molecule is O=C(Nc1ccccc1)[C@@H]1CCCN(S(=O)(=O)c2ccc3ccccc3c2)C1. The number of anilines is 1. The highest BCUT2D eigenvalue weighted by Gasteiger charge is 2.33. The van der Waals surface area contributed by atoms with Gasteiger partial charge in [-0.2, -0.15) is 4.31 Å². The number of benzene rings is 3. The van der Waals surface area contributed by atoms with Gasteiger partial charge in [-0.25, -0.2) is 8.42 Å². The van der Waals surface area contributed by atoms with E-state index in [1.807, 2.05) is 60.7 Å². The molecule has 0 unspecified atom stereocenters. The fourth-order valence-electron chi connectivity index (χ4n) is 3.62. The van der Waals surface area contributed by atoms with Gasteiger partial charge in [0.15, 0.2) is 0 Å². The van der Waals surface area contributed by atoms with Gasteiger partial charge in [0.2, 0.25) is 15.9 Å². The number of hydrogen-bond donors (Lipinski definition) is 1. The van der Waals surface area contributed by atoms with Crippen molar-refractivity contribution in [3.05, 3.63) is 72.8 Å². The van der Waals surface area contributed by atoms with E-state index in [0.29, 0.717) is 19.4 Å². The highest BCUT2D eigenvalue weighted by Crippen LogP contribution is 2.27. The van der Waals surface area contributed by atoms with Gasteiger partial charge in [-0.3, -0.25) is 4.79 Å². The van der Waals surface area contributed by atoms with Crippen molar-refractivity contribution < 1.29 is 13.2 Å². The first-order valence-electron chi connectivity index (χ1n) is 9.39. The molecule has 1 N–H and O–H groups in total. The lowest BCUT2D eigenvalue weighted by Gasteiger charge is -2.31. The van der Waals surface area contributed by atoms with E-state index < -0.39 is 10.0 Å². The molecule has 4 rings (SSSR count). The molecule has 0 aliphatic carbocycles. The molecule has 144 valence electrons. The normalized spacial score (nSPS) is 18.1. The van der Waals surface area contributed by atoms with Crippen LogP contribution in [0.1, 0.15) is 12.8 Å². The Labute approximate surface area is 165 Å². The molecule has 1 saturated heterocycles. The number of hydrogen-bond acceptors (Lipinski definition) is 3. The third kappa shape index (κ3) is 3.79. The second-order valence-electron chi connectivity index (χ2n) is 7.07. The number of nitrogens with one attached hydrogen (secondary N) is 1. The van der Waals surface area contributed by atoms with Crippen molar-refractivity contribution >= 4 is 32.4 Å². The van der Waals surface area contributed by atoms with Crippen molar-refractivity contribution in [3.8, 4) is 0 Å². The zero-order chi connectivity index (χ0) is 19.6. The molecule has 1 aliphatic heterocycles. The first-order valence-corrected chi connectivity index (χ1v) is 10.8. The smallest absolute Gasteiger partial charge is 0.243 e. The number of rotatable bonds is 4. The van der Waals surface area contributed by atoms with Crippen molar-refractivity contribution in [1.29, 1.82) is 0 Å². The van der Waals surface area contributed by atoms with Crippen LogP contribution in [0.5, 0.6) is 0 Å². The number of nitrogens with zero attached hydrogens (tertiary/aromatic N) is 1. The van der Waals surface area contributed by atoms with Crippen molar-refractivity contribution in [2.75, 3.05) is 18.4 Å². The molecule has 1 aliphatic rings. The quantitative estimate of drug-likeness (QED) is 0.730. The third-order valence-electron chi connectivity index (χ3n) is 5.15. The minimum atomic E-state index is -3.64. The first kappa shape index (κ1) is 18.7. The number of carbonyl (C=O) groups is 1. The van der Waals surface area contributed by atoms with Gasteiger partial charge in [0, 0.05) is 18.8 Å².